The SMILES string of the molecule is COc1cc(-c2ncnc(-c3cccc(NC(=O)c4cn(C)c(=O)n(C)c4=O)c3Cl)c2Cl)ccc1C=O. The average Bonchev–Trinajstić information content (AvgIpc) is 2.90. The fourth-order valence-corrected chi connectivity index (χ4v) is 4.25. The van der Waals surface area contributed by atoms with Gasteiger partial charge < -0.3 is 14.6 Å². The number of benzene rings is 2. The van der Waals surface area contributed by atoms with Gasteiger partial charge in [-0.05, 0) is 18.2 Å². The number of aryl methyl sites for hydroxylation is 1. The number of nitrogens with zero attached hydrogens (tertiary/aromatic N) is 4. The van der Waals surface area contributed by atoms with Crippen LogP contribution in [0.25, 0.3) is 22.5 Å². The van der Waals surface area contributed by atoms with Crippen LogP contribution in [0.3, 0.4) is 0 Å². The summed E-state index contributed by atoms with van der Waals surface area (Å²) in [6.07, 6.45) is 3.15. The molecule has 4 aromatic rings. The molecule has 2 aromatic carbocycles. The summed E-state index contributed by atoms with van der Waals surface area (Å²) in [5.41, 5.74) is 0.693. The summed E-state index contributed by atoms with van der Waals surface area (Å²) >= 11 is 13.3. The van der Waals surface area contributed by atoms with Gasteiger partial charge in [0, 0.05) is 31.4 Å². The monoisotopic (exact) mass is 539 g/mol. The molecule has 0 aliphatic carbocycles. The van der Waals surface area contributed by atoms with E-state index >= 15 is 0 Å². The van der Waals surface area contributed by atoms with E-state index in [1.54, 1.807) is 36.4 Å². The van der Waals surface area contributed by atoms with E-state index in [4.69, 9.17) is 27.9 Å². The van der Waals surface area contributed by atoms with Crippen LogP contribution in [0.5, 0.6) is 5.75 Å². The van der Waals surface area contributed by atoms with Crippen LogP contribution in [0.4, 0.5) is 5.69 Å². The molecule has 0 saturated heterocycles. The van der Waals surface area contributed by atoms with Crippen molar-refractivity contribution in [3.63, 3.8) is 0 Å². The number of halogens is 2. The predicted molar refractivity (Wildman–Crippen MR) is 140 cm³/mol. The minimum absolute atomic E-state index is 0.123. The molecule has 37 heavy (non-hydrogen) atoms. The Morgan fingerprint density at radius 2 is 1.78 bits per heavy atom. The van der Waals surface area contributed by atoms with E-state index in [2.05, 4.69) is 15.3 Å². The van der Waals surface area contributed by atoms with Crippen molar-refractivity contribution in [1.29, 1.82) is 0 Å². The number of nitrogens with one attached hydrogen (secondary N) is 1. The molecule has 10 nitrogen and oxygen atoms in total. The highest BCUT2D eigenvalue weighted by atomic mass is 35.5. The molecule has 0 fully saturated rings. The number of anilines is 1. The van der Waals surface area contributed by atoms with Gasteiger partial charge in [0.1, 0.15) is 17.6 Å². The van der Waals surface area contributed by atoms with Gasteiger partial charge in [0.2, 0.25) is 0 Å². The van der Waals surface area contributed by atoms with Gasteiger partial charge in [-0.25, -0.2) is 14.8 Å². The number of ether oxygens (including phenoxy) is 1. The van der Waals surface area contributed by atoms with Crippen LogP contribution in [0, 0.1) is 0 Å². The lowest BCUT2D eigenvalue weighted by molar-refractivity contribution is 0.102. The summed E-state index contributed by atoms with van der Waals surface area (Å²) in [6, 6.07) is 9.75. The number of carbonyl (C=O) groups is 2. The van der Waals surface area contributed by atoms with Crippen molar-refractivity contribution in [1.82, 2.24) is 19.1 Å². The molecule has 0 radical (unpaired) electrons. The molecule has 0 aliphatic rings. The zero-order valence-corrected chi connectivity index (χ0v) is 21.3. The number of aldehydes is 1. The third-order valence-electron chi connectivity index (χ3n) is 5.62. The van der Waals surface area contributed by atoms with Crippen molar-refractivity contribution >= 4 is 41.1 Å². The zero-order valence-electron chi connectivity index (χ0n) is 19.8. The fraction of sp³-hybridized carbons (Fsp3) is 0.120. The molecular formula is C25H19Cl2N5O5. The van der Waals surface area contributed by atoms with Gasteiger partial charge >= 0.3 is 5.69 Å². The highest BCUT2D eigenvalue weighted by Gasteiger charge is 2.20. The van der Waals surface area contributed by atoms with Crippen molar-refractivity contribution in [3.8, 4) is 28.3 Å². The molecule has 0 bridgehead atoms. The van der Waals surface area contributed by atoms with Crippen molar-refractivity contribution in [2.75, 3.05) is 12.4 Å². The molecule has 0 saturated carbocycles. The number of rotatable bonds is 6. The molecule has 0 atom stereocenters. The molecule has 188 valence electrons. The normalized spacial score (nSPS) is 10.7. The minimum atomic E-state index is -0.743. The molecule has 0 spiro atoms. The Balaban J connectivity index is 1.74. The smallest absolute Gasteiger partial charge is 0.330 e. The van der Waals surface area contributed by atoms with Crippen molar-refractivity contribution < 1.29 is 14.3 Å². The zero-order chi connectivity index (χ0) is 26.9. The maximum Gasteiger partial charge on any atom is 0.330 e. The quantitative estimate of drug-likeness (QED) is 0.371. The highest BCUT2D eigenvalue weighted by Crippen LogP contribution is 2.39. The molecule has 2 aromatic heterocycles. The number of hydrogen-bond donors (Lipinski definition) is 1. The lowest BCUT2D eigenvalue weighted by Crippen LogP contribution is -2.40. The van der Waals surface area contributed by atoms with E-state index in [0.717, 1.165) is 15.3 Å². The van der Waals surface area contributed by atoms with Crippen molar-refractivity contribution in [2.24, 2.45) is 14.1 Å². The van der Waals surface area contributed by atoms with Crippen LogP contribution in [0.15, 0.2) is 58.5 Å². The summed E-state index contributed by atoms with van der Waals surface area (Å²) in [6.45, 7) is 0. The van der Waals surface area contributed by atoms with E-state index in [1.807, 2.05) is 0 Å². The predicted octanol–water partition coefficient (Wildman–Crippen LogP) is 3.59. The minimum Gasteiger partial charge on any atom is -0.496 e. The summed E-state index contributed by atoms with van der Waals surface area (Å²) in [5.74, 6) is -0.386. The molecule has 4 rings (SSSR count). The van der Waals surface area contributed by atoms with E-state index in [-0.39, 0.29) is 21.3 Å². The maximum absolute atomic E-state index is 12.9. The topological polar surface area (TPSA) is 125 Å². The Labute approximate surface area is 220 Å². The van der Waals surface area contributed by atoms with Crippen LogP contribution in [-0.4, -0.2) is 38.4 Å². The summed E-state index contributed by atoms with van der Waals surface area (Å²) in [4.78, 5) is 57.0. The standard InChI is InChI=1S/C25H19Cl2N5O5/c1-31-10-16(24(35)32(2)25(31)36)23(34)30-17-6-4-5-15(19(17)26)22-20(27)21(28-12-29-22)13-7-8-14(11-33)18(9-13)37-3/h4-12H,1-3H3,(H,30,34). The molecule has 1 N–H and O–H groups in total. The van der Waals surface area contributed by atoms with Crippen LogP contribution in [0.1, 0.15) is 20.7 Å². The molecule has 0 aliphatic heterocycles. The first kappa shape index (κ1) is 25.8. The van der Waals surface area contributed by atoms with E-state index in [9.17, 15) is 19.2 Å². The molecule has 2 heterocycles. The molecular weight excluding hydrogens is 521 g/mol. The Bertz CT molecular complexity index is 1680. The Morgan fingerprint density at radius 3 is 2.49 bits per heavy atom. The molecule has 12 heteroatoms. The van der Waals surface area contributed by atoms with Gasteiger partial charge in [-0.3, -0.25) is 19.0 Å². The summed E-state index contributed by atoms with van der Waals surface area (Å²) in [5, 5.41) is 2.91. The number of methoxy groups -OCH3 is 1. The molecule has 0 unspecified atom stereocenters. The third kappa shape index (κ3) is 4.76. The fourth-order valence-electron chi connectivity index (χ4n) is 3.68. The number of aromatic nitrogens is 4. The van der Waals surface area contributed by atoms with Gasteiger partial charge in [0.05, 0.1) is 39.8 Å². The second kappa shape index (κ2) is 10.4. The Hall–Kier alpha value is -4.28. The Morgan fingerprint density at radius 1 is 1.05 bits per heavy atom. The van der Waals surface area contributed by atoms with Gasteiger partial charge in [-0.15, -0.1) is 0 Å². The van der Waals surface area contributed by atoms with Gasteiger partial charge in [0.25, 0.3) is 11.5 Å². The Kier molecular flexibility index (Phi) is 7.23. The first-order valence-corrected chi connectivity index (χ1v) is 11.4. The summed E-state index contributed by atoms with van der Waals surface area (Å²) in [7, 11) is 4.16. The third-order valence-corrected chi connectivity index (χ3v) is 6.38. The first-order chi connectivity index (χ1) is 17.7. The second-order valence-corrected chi connectivity index (χ2v) is 8.64. The number of amides is 1. The van der Waals surface area contributed by atoms with Crippen LogP contribution in [0.2, 0.25) is 10.0 Å². The second-order valence-electron chi connectivity index (χ2n) is 7.88. The van der Waals surface area contributed by atoms with E-state index < -0.39 is 17.2 Å². The number of hydrogen-bond acceptors (Lipinski definition) is 7. The lowest BCUT2D eigenvalue weighted by atomic mass is 10.0. The van der Waals surface area contributed by atoms with Crippen molar-refractivity contribution in [3.05, 3.63) is 90.9 Å². The van der Waals surface area contributed by atoms with Crippen LogP contribution < -0.4 is 21.3 Å². The maximum atomic E-state index is 12.9. The van der Waals surface area contributed by atoms with E-state index in [0.29, 0.717) is 40.1 Å². The average molecular weight is 540 g/mol. The largest absolute Gasteiger partial charge is 0.496 e. The highest BCUT2D eigenvalue weighted by molar-refractivity contribution is 6.39. The van der Waals surface area contributed by atoms with Crippen molar-refractivity contribution in [2.45, 2.75) is 0 Å². The first-order valence-electron chi connectivity index (χ1n) is 10.7. The van der Waals surface area contributed by atoms with Crippen LogP contribution >= 0.6 is 23.2 Å². The van der Waals surface area contributed by atoms with E-state index in [1.165, 1.54) is 27.5 Å². The van der Waals surface area contributed by atoms with Gasteiger partial charge in [-0.2, -0.15) is 0 Å². The van der Waals surface area contributed by atoms with Crippen LogP contribution in [-0.2, 0) is 14.1 Å². The van der Waals surface area contributed by atoms with Gasteiger partial charge in [0.15, 0.2) is 6.29 Å². The lowest BCUT2D eigenvalue weighted by Gasteiger charge is -2.14. The molecule has 1 amide bonds. The van der Waals surface area contributed by atoms with Gasteiger partial charge in [-0.1, -0.05) is 41.4 Å². The summed E-state index contributed by atoms with van der Waals surface area (Å²) < 4.78 is 7.24. The number of carbonyl (C=O) groups excluding carboxylic acids is 2.